The van der Waals surface area contributed by atoms with Gasteiger partial charge in [-0.25, -0.2) is 4.98 Å². The van der Waals surface area contributed by atoms with E-state index in [2.05, 4.69) is 59.7 Å². The summed E-state index contributed by atoms with van der Waals surface area (Å²) in [5, 5.41) is 6.57. The summed E-state index contributed by atoms with van der Waals surface area (Å²) in [5.74, 6) is 0. The maximum Gasteiger partial charge on any atom is 0.185 e. The van der Waals surface area contributed by atoms with E-state index in [9.17, 15) is 0 Å². The molecule has 1 unspecified atom stereocenters. The molecule has 0 radical (unpaired) electrons. The molecule has 3 aromatic carbocycles. The minimum absolute atomic E-state index is 0.289. The van der Waals surface area contributed by atoms with Crippen molar-refractivity contribution in [2.45, 2.75) is 13.1 Å². The maximum absolute atomic E-state index is 6.40. The van der Waals surface area contributed by atoms with Gasteiger partial charge in [-0.15, -0.1) is 0 Å². The van der Waals surface area contributed by atoms with Gasteiger partial charge in [-0.05, 0) is 41.0 Å². The van der Waals surface area contributed by atoms with Gasteiger partial charge in [0.15, 0.2) is 5.13 Å². The van der Waals surface area contributed by atoms with Crippen LogP contribution >= 0.6 is 11.3 Å². The van der Waals surface area contributed by atoms with Crippen LogP contribution in [0, 0.1) is 6.92 Å². The summed E-state index contributed by atoms with van der Waals surface area (Å²) in [6, 6.07) is 20.8. The topological polar surface area (TPSA) is 50.9 Å². The fourth-order valence-corrected chi connectivity index (χ4v) is 3.83. The van der Waals surface area contributed by atoms with Crippen LogP contribution in [0.1, 0.15) is 17.3 Å². The van der Waals surface area contributed by atoms with Crippen LogP contribution in [0.4, 0.5) is 5.13 Å². The van der Waals surface area contributed by atoms with Gasteiger partial charge in [-0.1, -0.05) is 59.9 Å². The van der Waals surface area contributed by atoms with E-state index < -0.39 is 0 Å². The third-order valence-electron chi connectivity index (χ3n) is 3.98. The predicted octanol–water partition coefficient (Wildman–Crippen LogP) is 4.83. The summed E-state index contributed by atoms with van der Waals surface area (Å²) in [6.07, 6.45) is -0.289. The first-order chi connectivity index (χ1) is 11.2. The SMILES string of the molecule is Cc1ccc2nc(NC(N)c3cccc4ccccc34)sc2c1. The van der Waals surface area contributed by atoms with Gasteiger partial charge in [0.05, 0.1) is 10.2 Å². The van der Waals surface area contributed by atoms with Crippen molar-refractivity contribution in [1.29, 1.82) is 0 Å². The number of nitrogens with zero attached hydrogens (tertiary/aromatic N) is 1. The zero-order chi connectivity index (χ0) is 15.8. The summed E-state index contributed by atoms with van der Waals surface area (Å²) in [6.45, 7) is 2.09. The van der Waals surface area contributed by atoms with E-state index in [1.54, 1.807) is 11.3 Å². The second kappa shape index (κ2) is 5.65. The Morgan fingerprint density at radius 2 is 1.87 bits per heavy atom. The highest BCUT2D eigenvalue weighted by molar-refractivity contribution is 7.22. The van der Waals surface area contributed by atoms with Crippen molar-refractivity contribution in [3.8, 4) is 0 Å². The van der Waals surface area contributed by atoms with Gasteiger partial charge in [0.1, 0.15) is 6.17 Å². The minimum Gasteiger partial charge on any atom is -0.342 e. The minimum atomic E-state index is -0.289. The van der Waals surface area contributed by atoms with Crippen molar-refractivity contribution in [2.24, 2.45) is 5.73 Å². The number of thiazole rings is 1. The molecule has 4 rings (SSSR count). The summed E-state index contributed by atoms with van der Waals surface area (Å²) >= 11 is 1.64. The molecule has 0 saturated heterocycles. The average molecular weight is 319 g/mol. The van der Waals surface area contributed by atoms with Crippen LogP contribution in [-0.2, 0) is 0 Å². The van der Waals surface area contributed by atoms with E-state index >= 15 is 0 Å². The first-order valence-electron chi connectivity index (χ1n) is 7.58. The number of nitrogens with two attached hydrogens (primary N) is 1. The van der Waals surface area contributed by atoms with E-state index in [0.29, 0.717) is 0 Å². The average Bonchev–Trinajstić information content (AvgIpc) is 2.95. The van der Waals surface area contributed by atoms with Crippen molar-refractivity contribution >= 4 is 37.5 Å². The highest BCUT2D eigenvalue weighted by Crippen LogP contribution is 2.30. The fraction of sp³-hybridized carbons (Fsp3) is 0.105. The van der Waals surface area contributed by atoms with Crippen molar-refractivity contribution in [3.05, 3.63) is 71.8 Å². The Hall–Kier alpha value is -2.43. The molecule has 3 N–H and O–H groups in total. The maximum atomic E-state index is 6.40. The molecule has 4 heteroatoms. The molecule has 1 aromatic heterocycles. The van der Waals surface area contributed by atoms with Crippen molar-refractivity contribution in [2.75, 3.05) is 5.32 Å². The molecule has 1 atom stereocenters. The second-order valence-electron chi connectivity index (χ2n) is 5.68. The molecule has 0 saturated carbocycles. The Balaban J connectivity index is 1.69. The van der Waals surface area contributed by atoms with E-state index in [4.69, 9.17) is 5.73 Å². The van der Waals surface area contributed by atoms with Gasteiger partial charge in [-0.3, -0.25) is 0 Å². The number of nitrogens with one attached hydrogen (secondary N) is 1. The number of rotatable bonds is 3. The van der Waals surface area contributed by atoms with Crippen LogP contribution in [0.15, 0.2) is 60.7 Å². The van der Waals surface area contributed by atoms with Crippen LogP contribution in [0.2, 0.25) is 0 Å². The number of anilines is 1. The lowest BCUT2D eigenvalue weighted by Crippen LogP contribution is -2.20. The second-order valence-corrected chi connectivity index (χ2v) is 6.71. The molecule has 0 spiro atoms. The van der Waals surface area contributed by atoms with Gasteiger partial charge in [0.25, 0.3) is 0 Å². The van der Waals surface area contributed by atoms with Crippen LogP contribution in [0.5, 0.6) is 0 Å². The molecule has 0 aliphatic heterocycles. The first kappa shape index (κ1) is 14.2. The largest absolute Gasteiger partial charge is 0.342 e. The molecule has 4 aromatic rings. The van der Waals surface area contributed by atoms with E-state index in [1.165, 1.54) is 21.0 Å². The highest BCUT2D eigenvalue weighted by Gasteiger charge is 2.12. The summed E-state index contributed by atoms with van der Waals surface area (Å²) in [7, 11) is 0. The lowest BCUT2D eigenvalue weighted by Gasteiger charge is -2.15. The number of fused-ring (bicyclic) bond motifs is 2. The third-order valence-corrected chi connectivity index (χ3v) is 4.93. The number of hydrogen-bond donors (Lipinski definition) is 2. The Morgan fingerprint density at radius 1 is 1.04 bits per heavy atom. The molecule has 0 aliphatic carbocycles. The molecule has 3 nitrogen and oxygen atoms in total. The highest BCUT2D eigenvalue weighted by atomic mass is 32.1. The van der Waals surface area contributed by atoms with Crippen molar-refractivity contribution in [1.82, 2.24) is 4.98 Å². The number of hydrogen-bond acceptors (Lipinski definition) is 4. The van der Waals surface area contributed by atoms with Gasteiger partial charge >= 0.3 is 0 Å². The Labute approximate surface area is 138 Å². The lowest BCUT2D eigenvalue weighted by atomic mass is 10.0. The van der Waals surface area contributed by atoms with Crippen LogP contribution in [-0.4, -0.2) is 4.98 Å². The van der Waals surface area contributed by atoms with Gasteiger partial charge in [0.2, 0.25) is 0 Å². The zero-order valence-electron chi connectivity index (χ0n) is 12.8. The Bertz CT molecular complexity index is 985. The Kier molecular flexibility index (Phi) is 3.48. The predicted molar refractivity (Wildman–Crippen MR) is 98.9 cm³/mol. The summed E-state index contributed by atoms with van der Waals surface area (Å²) < 4.78 is 1.18. The molecular weight excluding hydrogens is 302 g/mol. The first-order valence-corrected chi connectivity index (χ1v) is 8.39. The smallest absolute Gasteiger partial charge is 0.185 e. The molecule has 0 bridgehead atoms. The number of benzene rings is 3. The summed E-state index contributed by atoms with van der Waals surface area (Å²) in [5.41, 5.74) is 9.73. The van der Waals surface area contributed by atoms with Crippen LogP contribution in [0.3, 0.4) is 0 Å². The normalized spacial score (nSPS) is 12.6. The van der Waals surface area contributed by atoms with E-state index in [-0.39, 0.29) is 6.17 Å². The zero-order valence-corrected chi connectivity index (χ0v) is 13.6. The molecular formula is C19H17N3S. The number of aromatic nitrogens is 1. The fourth-order valence-electron chi connectivity index (χ4n) is 2.83. The summed E-state index contributed by atoms with van der Waals surface area (Å²) in [4.78, 5) is 4.63. The molecule has 0 aliphatic rings. The number of aryl methyl sites for hydroxylation is 1. The standard InChI is InChI=1S/C19H17N3S/c1-12-9-10-16-17(11-12)23-19(21-16)22-18(20)15-8-4-6-13-5-2-3-7-14(13)15/h2-11,18H,20H2,1H3,(H,21,22). The van der Waals surface area contributed by atoms with Crippen LogP contribution < -0.4 is 11.1 Å². The van der Waals surface area contributed by atoms with Crippen LogP contribution in [0.25, 0.3) is 21.0 Å². The van der Waals surface area contributed by atoms with Crippen molar-refractivity contribution < 1.29 is 0 Å². The monoisotopic (exact) mass is 319 g/mol. The van der Waals surface area contributed by atoms with Gasteiger partial charge < -0.3 is 11.1 Å². The van der Waals surface area contributed by atoms with Gasteiger partial charge in [0, 0.05) is 0 Å². The van der Waals surface area contributed by atoms with E-state index in [0.717, 1.165) is 16.2 Å². The third kappa shape index (κ3) is 2.67. The lowest BCUT2D eigenvalue weighted by molar-refractivity contribution is 0.843. The molecule has 1 heterocycles. The Morgan fingerprint density at radius 3 is 2.78 bits per heavy atom. The molecule has 0 amide bonds. The van der Waals surface area contributed by atoms with E-state index in [1.807, 2.05) is 18.2 Å². The quantitative estimate of drug-likeness (QED) is 0.532. The van der Waals surface area contributed by atoms with Gasteiger partial charge in [-0.2, -0.15) is 0 Å². The van der Waals surface area contributed by atoms with Crippen molar-refractivity contribution in [3.63, 3.8) is 0 Å². The molecule has 23 heavy (non-hydrogen) atoms. The molecule has 114 valence electrons. The molecule has 0 fully saturated rings.